The average Bonchev–Trinajstić information content (AvgIpc) is 2.81. The molecule has 0 spiro atoms. The highest BCUT2D eigenvalue weighted by Gasteiger charge is 2.11. The van der Waals surface area contributed by atoms with Gasteiger partial charge in [0.25, 0.3) is 0 Å². The van der Waals surface area contributed by atoms with E-state index in [0.717, 1.165) is 5.56 Å². The first kappa shape index (κ1) is 12.9. The molecule has 0 aliphatic heterocycles. The molecule has 1 heterocycles. The van der Waals surface area contributed by atoms with E-state index in [2.05, 4.69) is 0 Å². The highest BCUT2D eigenvalue weighted by Crippen LogP contribution is 2.31. The number of hydrogen-bond donors (Lipinski definition) is 0. The minimum absolute atomic E-state index is 0.0896. The van der Waals surface area contributed by atoms with Crippen molar-refractivity contribution in [1.82, 2.24) is 0 Å². The minimum atomic E-state index is -0.310. The summed E-state index contributed by atoms with van der Waals surface area (Å²) in [5.41, 5.74) is 1.82. The maximum Gasteiger partial charge on any atom is 0.161 e. The fourth-order valence-corrected chi connectivity index (χ4v) is 2.42. The second kappa shape index (κ2) is 4.76. The number of carbonyl (C=O) groups is 1. The van der Waals surface area contributed by atoms with Crippen LogP contribution >= 0.6 is 11.6 Å². The molecule has 0 bridgehead atoms. The van der Waals surface area contributed by atoms with Gasteiger partial charge < -0.3 is 4.42 Å². The lowest BCUT2D eigenvalue weighted by Crippen LogP contribution is -1.92. The van der Waals surface area contributed by atoms with E-state index < -0.39 is 0 Å². The zero-order chi connectivity index (χ0) is 14.3. The summed E-state index contributed by atoms with van der Waals surface area (Å²) >= 11 is 6.08. The fraction of sp³-hybridized carbons (Fsp3) is 0.0625. The molecule has 0 saturated carbocycles. The van der Waals surface area contributed by atoms with Crippen LogP contribution in [-0.4, -0.2) is 5.78 Å². The van der Waals surface area contributed by atoms with Gasteiger partial charge in [0.1, 0.15) is 17.2 Å². The van der Waals surface area contributed by atoms with E-state index in [9.17, 15) is 9.18 Å². The standard InChI is InChI=1S/C16H10ClFO2/c1-9(19)13-4-2-10(7-14(13)17)16-8-11-6-12(18)3-5-15(11)20-16/h2-8H,1H3. The van der Waals surface area contributed by atoms with Crippen LogP contribution in [0.15, 0.2) is 46.9 Å². The summed E-state index contributed by atoms with van der Waals surface area (Å²) in [6.45, 7) is 1.46. The number of furan rings is 1. The van der Waals surface area contributed by atoms with Crippen molar-refractivity contribution in [3.8, 4) is 11.3 Å². The number of Topliss-reactive ketones (excluding diaryl/α,β-unsaturated/α-hetero) is 1. The molecular formula is C16H10ClFO2. The van der Waals surface area contributed by atoms with Crippen LogP contribution < -0.4 is 0 Å². The van der Waals surface area contributed by atoms with E-state index in [1.807, 2.05) is 0 Å². The molecule has 3 rings (SSSR count). The third kappa shape index (κ3) is 2.21. The SMILES string of the molecule is CC(=O)c1ccc(-c2cc3cc(F)ccc3o2)cc1Cl. The third-order valence-corrected chi connectivity index (χ3v) is 3.42. The molecule has 0 unspecified atom stereocenters. The number of carbonyl (C=O) groups excluding carboxylic acids is 1. The van der Waals surface area contributed by atoms with Gasteiger partial charge in [0.2, 0.25) is 0 Å². The van der Waals surface area contributed by atoms with Gasteiger partial charge in [0.15, 0.2) is 5.78 Å². The first-order valence-electron chi connectivity index (χ1n) is 6.04. The average molecular weight is 289 g/mol. The van der Waals surface area contributed by atoms with Gasteiger partial charge in [-0.2, -0.15) is 0 Å². The summed E-state index contributed by atoms with van der Waals surface area (Å²) in [7, 11) is 0. The number of hydrogen-bond acceptors (Lipinski definition) is 2. The number of fused-ring (bicyclic) bond motifs is 1. The van der Waals surface area contributed by atoms with Crippen LogP contribution in [0.1, 0.15) is 17.3 Å². The molecule has 0 saturated heterocycles. The summed E-state index contributed by atoms with van der Waals surface area (Å²) in [5.74, 6) is 0.186. The molecule has 100 valence electrons. The Balaban J connectivity index is 2.11. The van der Waals surface area contributed by atoms with Gasteiger partial charge in [-0.3, -0.25) is 4.79 Å². The molecule has 0 aliphatic carbocycles. The molecule has 0 fully saturated rings. The Morgan fingerprint density at radius 2 is 1.95 bits per heavy atom. The molecule has 2 aromatic carbocycles. The summed E-state index contributed by atoms with van der Waals surface area (Å²) < 4.78 is 18.8. The molecule has 4 heteroatoms. The lowest BCUT2D eigenvalue weighted by molar-refractivity contribution is 0.101. The smallest absolute Gasteiger partial charge is 0.161 e. The van der Waals surface area contributed by atoms with Crippen LogP contribution in [-0.2, 0) is 0 Å². The zero-order valence-corrected chi connectivity index (χ0v) is 11.4. The van der Waals surface area contributed by atoms with Crippen molar-refractivity contribution in [2.24, 2.45) is 0 Å². The summed E-state index contributed by atoms with van der Waals surface area (Å²) in [6.07, 6.45) is 0. The molecule has 3 aromatic rings. The predicted molar refractivity (Wildman–Crippen MR) is 76.6 cm³/mol. The van der Waals surface area contributed by atoms with E-state index >= 15 is 0 Å². The van der Waals surface area contributed by atoms with Crippen molar-refractivity contribution in [2.75, 3.05) is 0 Å². The lowest BCUT2D eigenvalue weighted by Gasteiger charge is -2.02. The third-order valence-electron chi connectivity index (χ3n) is 3.11. The van der Waals surface area contributed by atoms with Crippen LogP contribution in [0.5, 0.6) is 0 Å². The van der Waals surface area contributed by atoms with Crippen molar-refractivity contribution in [2.45, 2.75) is 6.92 Å². The maximum atomic E-state index is 13.2. The molecule has 0 aliphatic rings. The molecule has 0 radical (unpaired) electrons. The predicted octanol–water partition coefficient (Wildman–Crippen LogP) is 5.09. The molecule has 0 amide bonds. The summed E-state index contributed by atoms with van der Waals surface area (Å²) in [4.78, 5) is 11.3. The minimum Gasteiger partial charge on any atom is -0.456 e. The molecule has 0 atom stereocenters. The Morgan fingerprint density at radius 1 is 1.15 bits per heavy atom. The van der Waals surface area contributed by atoms with Crippen molar-refractivity contribution >= 4 is 28.4 Å². The molecule has 2 nitrogen and oxygen atoms in total. The van der Waals surface area contributed by atoms with Crippen molar-refractivity contribution in [3.63, 3.8) is 0 Å². The van der Waals surface area contributed by atoms with Crippen molar-refractivity contribution in [3.05, 3.63) is 58.9 Å². The lowest BCUT2D eigenvalue weighted by atomic mass is 10.1. The monoisotopic (exact) mass is 288 g/mol. The Morgan fingerprint density at radius 3 is 2.65 bits per heavy atom. The largest absolute Gasteiger partial charge is 0.456 e. The van der Waals surface area contributed by atoms with E-state index in [0.29, 0.717) is 27.3 Å². The van der Waals surface area contributed by atoms with Gasteiger partial charge in [-0.05, 0) is 43.3 Å². The van der Waals surface area contributed by atoms with Gasteiger partial charge in [0.05, 0.1) is 5.02 Å². The Bertz CT molecular complexity index is 820. The van der Waals surface area contributed by atoms with E-state index in [-0.39, 0.29) is 11.6 Å². The number of halogens is 2. The molecular weight excluding hydrogens is 279 g/mol. The summed E-state index contributed by atoms with van der Waals surface area (Å²) in [6, 6.07) is 11.2. The van der Waals surface area contributed by atoms with E-state index in [4.69, 9.17) is 16.0 Å². The van der Waals surface area contributed by atoms with Gasteiger partial charge in [-0.1, -0.05) is 17.7 Å². The maximum absolute atomic E-state index is 13.2. The Labute approximate surface area is 119 Å². The normalized spacial score (nSPS) is 10.9. The topological polar surface area (TPSA) is 30.2 Å². The number of ketones is 1. The van der Waals surface area contributed by atoms with Crippen molar-refractivity contribution < 1.29 is 13.6 Å². The second-order valence-corrected chi connectivity index (χ2v) is 4.95. The van der Waals surface area contributed by atoms with Crippen LogP contribution in [0.2, 0.25) is 5.02 Å². The van der Waals surface area contributed by atoms with Crippen LogP contribution in [0.3, 0.4) is 0 Å². The highest BCUT2D eigenvalue weighted by molar-refractivity contribution is 6.34. The first-order valence-corrected chi connectivity index (χ1v) is 6.42. The Kier molecular flexibility index (Phi) is 3.07. The number of rotatable bonds is 2. The van der Waals surface area contributed by atoms with Gasteiger partial charge in [0, 0.05) is 16.5 Å². The summed E-state index contributed by atoms with van der Waals surface area (Å²) in [5, 5.41) is 1.06. The van der Waals surface area contributed by atoms with Crippen LogP contribution in [0.25, 0.3) is 22.3 Å². The molecule has 1 aromatic heterocycles. The van der Waals surface area contributed by atoms with Gasteiger partial charge >= 0.3 is 0 Å². The fourth-order valence-electron chi connectivity index (χ4n) is 2.11. The van der Waals surface area contributed by atoms with Crippen LogP contribution in [0.4, 0.5) is 4.39 Å². The van der Waals surface area contributed by atoms with E-state index in [1.54, 1.807) is 30.3 Å². The van der Waals surface area contributed by atoms with Crippen LogP contribution in [0, 0.1) is 5.82 Å². The second-order valence-electron chi connectivity index (χ2n) is 4.54. The highest BCUT2D eigenvalue weighted by atomic mass is 35.5. The van der Waals surface area contributed by atoms with E-state index in [1.165, 1.54) is 19.1 Å². The quantitative estimate of drug-likeness (QED) is 0.614. The number of benzene rings is 2. The van der Waals surface area contributed by atoms with Gasteiger partial charge in [-0.25, -0.2) is 4.39 Å². The molecule has 20 heavy (non-hydrogen) atoms. The first-order chi connectivity index (χ1) is 9.54. The van der Waals surface area contributed by atoms with Crippen molar-refractivity contribution in [1.29, 1.82) is 0 Å². The van der Waals surface area contributed by atoms with Gasteiger partial charge in [-0.15, -0.1) is 0 Å². The Hall–Kier alpha value is -2.13. The molecule has 0 N–H and O–H groups in total. The zero-order valence-electron chi connectivity index (χ0n) is 10.6.